The summed E-state index contributed by atoms with van der Waals surface area (Å²) >= 11 is 0. The first-order valence-electron chi connectivity index (χ1n) is 7.85. The zero-order valence-corrected chi connectivity index (χ0v) is 12.1. The van der Waals surface area contributed by atoms with Crippen LogP contribution in [0.15, 0.2) is 66.7 Å². The van der Waals surface area contributed by atoms with Gasteiger partial charge in [-0.05, 0) is 53.9 Å². The molecule has 2 aromatic carbocycles. The zero-order valence-electron chi connectivity index (χ0n) is 12.1. The Balaban J connectivity index is 1.39. The predicted molar refractivity (Wildman–Crippen MR) is 86.2 cm³/mol. The predicted octanol–water partition coefficient (Wildman–Crippen LogP) is 4.94. The lowest BCUT2D eigenvalue weighted by molar-refractivity contribution is 0.228. The van der Waals surface area contributed by atoms with Crippen molar-refractivity contribution in [2.45, 2.75) is 12.8 Å². The summed E-state index contributed by atoms with van der Waals surface area (Å²) in [6.07, 6.45) is 7.43. The molecule has 1 heteroatoms. The number of allylic oxidation sites excluding steroid dienone is 2. The summed E-state index contributed by atoms with van der Waals surface area (Å²) in [7, 11) is 0. The number of benzene rings is 2. The Hall–Kier alpha value is -2.02. The number of hydrogen-bond donors (Lipinski definition) is 0. The first kappa shape index (κ1) is 12.7. The summed E-state index contributed by atoms with van der Waals surface area (Å²) in [5.41, 5.74) is 2.49. The maximum Gasteiger partial charge on any atom is 0.119 e. The number of ether oxygens (including phenoxy) is 1. The van der Waals surface area contributed by atoms with Gasteiger partial charge in [-0.25, -0.2) is 0 Å². The van der Waals surface area contributed by atoms with Gasteiger partial charge in [-0.2, -0.15) is 0 Å². The molecule has 3 atom stereocenters. The van der Waals surface area contributed by atoms with Gasteiger partial charge < -0.3 is 4.74 Å². The molecular weight excluding hydrogens is 256 g/mol. The highest BCUT2D eigenvalue weighted by molar-refractivity contribution is 5.63. The Labute approximate surface area is 126 Å². The average Bonchev–Trinajstić information content (AvgIpc) is 3.17. The van der Waals surface area contributed by atoms with Crippen molar-refractivity contribution in [2.24, 2.45) is 17.8 Å². The van der Waals surface area contributed by atoms with Gasteiger partial charge in [0.25, 0.3) is 0 Å². The fourth-order valence-electron chi connectivity index (χ4n) is 3.66. The Kier molecular flexibility index (Phi) is 3.27. The topological polar surface area (TPSA) is 9.23 Å². The average molecular weight is 276 g/mol. The molecule has 0 aromatic heterocycles. The van der Waals surface area contributed by atoms with Gasteiger partial charge in [0.2, 0.25) is 0 Å². The molecule has 2 aromatic rings. The quantitative estimate of drug-likeness (QED) is 0.718. The highest BCUT2D eigenvalue weighted by Crippen LogP contribution is 2.43. The van der Waals surface area contributed by atoms with E-state index < -0.39 is 0 Å². The molecule has 21 heavy (non-hydrogen) atoms. The van der Waals surface area contributed by atoms with E-state index in [1.165, 1.54) is 24.0 Å². The molecule has 0 saturated heterocycles. The van der Waals surface area contributed by atoms with Crippen LogP contribution in [0.3, 0.4) is 0 Å². The Bertz CT molecular complexity index is 627. The van der Waals surface area contributed by atoms with Crippen LogP contribution in [-0.4, -0.2) is 6.61 Å². The molecule has 4 rings (SSSR count). The minimum atomic E-state index is 0.716. The van der Waals surface area contributed by atoms with Crippen LogP contribution >= 0.6 is 0 Å². The Morgan fingerprint density at radius 1 is 0.810 bits per heavy atom. The van der Waals surface area contributed by atoms with Gasteiger partial charge in [0, 0.05) is 0 Å². The third-order valence-corrected chi connectivity index (χ3v) is 4.84. The maximum absolute atomic E-state index is 6.00. The largest absolute Gasteiger partial charge is 0.493 e. The smallest absolute Gasteiger partial charge is 0.119 e. The molecule has 0 N–H and O–H groups in total. The molecule has 1 nitrogen and oxygen atoms in total. The number of hydrogen-bond acceptors (Lipinski definition) is 1. The fourth-order valence-corrected chi connectivity index (χ4v) is 3.66. The summed E-state index contributed by atoms with van der Waals surface area (Å²) in [6, 6.07) is 18.9. The molecule has 2 aliphatic rings. The van der Waals surface area contributed by atoms with Crippen LogP contribution in [0.1, 0.15) is 12.8 Å². The highest BCUT2D eigenvalue weighted by Gasteiger charge is 2.35. The van der Waals surface area contributed by atoms with Crippen LogP contribution in [0.4, 0.5) is 0 Å². The van der Waals surface area contributed by atoms with E-state index in [-0.39, 0.29) is 0 Å². The number of fused-ring (bicyclic) bond motifs is 2. The van der Waals surface area contributed by atoms with E-state index in [1.807, 2.05) is 6.07 Å². The van der Waals surface area contributed by atoms with Gasteiger partial charge in [-0.3, -0.25) is 0 Å². The van der Waals surface area contributed by atoms with Crippen molar-refractivity contribution in [1.29, 1.82) is 0 Å². The summed E-state index contributed by atoms with van der Waals surface area (Å²) in [5.74, 6) is 3.29. The molecule has 1 saturated carbocycles. The molecular formula is C20H20O. The van der Waals surface area contributed by atoms with E-state index in [9.17, 15) is 0 Å². The number of rotatable bonds is 4. The highest BCUT2D eigenvalue weighted by atomic mass is 16.5. The van der Waals surface area contributed by atoms with Crippen LogP contribution in [0.25, 0.3) is 11.1 Å². The molecule has 0 spiro atoms. The van der Waals surface area contributed by atoms with Crippen LogP contribution in [0.2, 0.25) is 0 Å². The Morgan fingerprint density at radius 2 is 1.57 bits per heavy atom. The molecule has 0 amide bonds. The van der Waals surface area contributed by atoms with Crippen LogP contribution in [0, 0.1) is 17.8 Å². The monoisotopic (exact) mass is 276 g/mol. The van der Waals surface area contributed by atoms with Crippen molar-refractivity contribution in [1.82, 2.24) is 0 Å². The van der Waals surface area contributed by atoms with E-state index >= 15 is 0 Å². The second-order valence-electron chi connectivity index (χ2n) is 6.24. The Morgan fingerprint density at radius 3 is 2.24 bits per heavy atom. The summed E-state index contributed by atoms with van der Waals surface area (Å²) < 4.78 is 6.00. The van der Waals surface area contributed by atoms with Gasteiger partial charge in [-0.1, -0.05) is 54.6 Å². The lowest BCUT2D eigenvalue weighted by Crippen LogP contribution is -2.16. The van der Waals surface area contributed by atoms with E-state index in [0.717, 1.165) is 24.2 Å². The zero-order chi connectivity index (χ0) is 14.1. The van der Waals surface area contributed by atoms with Gasteiger partial charge in [0.1, 0.15) is 5.75 Å². The summed E-state index contributed by atoms with van der Waals surface area (Å²) in [6.45, 7) is 0.857. The van der Waals surface area contributed by atoms with Crippen molar-refractivity contribution in [3.05, 3.63) is 66.7 Å². The summed E-state index contributed by atoms with van der Waals surface area (Å²) in [4.78, 5) is 0. The van der Waals surface area contributed by atoms with Crippen LogP contribution in [0.5, 0.6) is 5.75 Å². The molecule has 0 heterocycles. The second kappa shape index (κ2) is 5.40. The maximum atomic E-state index is 6.00. The van der Waals surface area contributed by atoms with Crippen molar-refractivity contribution in [2.75, 3.05) is 6.61 Å². The van der Waals surface area contributed by atoms with E-state index in [1.54, 1.807) is 0 Å². The standard InChI is InChI=1S/C20H20O/c1-2-4-16(5-3-1)17-8-10-20(11-9-17)21-14-19-13-15-6-7-18(19)12-15/h1-11,15,18-19H,12-14H2/t15?,18-,19?/m1/s1. The first-order chi connectivity index (χ1) is 10.4. The molecule has 0 radical (unpaired) electrons. The van der Waals surface area contributed by atoms with E-state index in [4.69, 9.17) is 4.74 Å². The second-order valence-corrected chi connectivity index (χ2v) is 6.24. The van der Waals surface area contributed by atoms with Crippen molar-refractivity contribution >= 4 is 0 Å². The summed E-state index contributed by atoms with van der Waals surface area (Å²) in [5, 5.41) is 0. The third-order valence-electron chi connectivity index (χ3n) is 4.84. The van der Waals surface area contributed by atoms with Gasteiger partial charge in [0.15, 0.2) is 0 Å². The first-order valence-corrected chi connectivity index (χ1v) is 7.85. The van der Waals surface area contributed by atoms with E-state index in [2.05, 4.69) is 60.7 Å². The molecule has 2 bridgehead atoms. The molecule has 2 aliphatic carbocycles. The minimum absolute atomic E-state index is 0.716. The van der Waals surface area contributed by atoms with Gasteiger partial charge in [0.05, 0.1) is 6.61 Å². The van der Waals surface area contributed by atoms with Crippen molar-refractivity contribution in [3.63, 3.8) is 0 Å². The SMILES string of the molecule is C1=C[C@@H]2CC1CC2COc1ccc(-c2ccccc2)cc1. The van der Waals surface area contributed by atoms with Crippen LogP contribution < -0.4 is 4.74 Å². The lowest BCUT2D eigenvalue weighted by Gasteiger charge is -2.18. The van der Waals surface area contributed by atoms with E-state index in [0.29, 0.717) is 5.92 Å². The molecule has 2 unspecified atom stereocenters. The van der Waals surface area contributed by atoms with Crippen molar-refractivity contribution < 1.29 is 4.74 Å². The van der Waals surface area contributed by atoms with Crippen LogP contribution in [-0.2, 0) is 0 Å². The molecule has 1 fully saturated rings. The van der Waals surface area contributed by atoms with Crippen molar-refractivity contribution in [3.8, 4) is 16.9 Å². The minimum Gasteiger partial charge on any atom is -0.493 e. The van der Waals surface area contributed by atoms with Gasteiger partial charge in [-0.15, -0.1) is 0 Å². The normalized spacial score (nSPS) is 26.2. The molecule has 0 aliphatic heterocycles. The molecule has 106 valence electrons. The lowest BCUT2D eigenvalue weighted by atomic mass is 9.95. The fraction of sp³-hybridized carbons (Fsp3) is 0.300. The van der Waals surface area contributed by atoms with Gasteiger partial charge >= 0.3 is 0 Å². The third kappa shape index (κ3) is 2.61.